The van der Waals surface area contributed by atoms with E-state index in [-0.39, 0.29) is 0 Å². The summed E-state index contributed by atoms with van der Waals surface area (Å²) in [5.74, 6) is 0. The van der Waals surface area contributed by atoms with E-state index in [1.165, 1.54) is 8.66 Å². The molecule has 0 aliphatic carbocycles. The molecule has 78 valence electrons. The number of thioether (sulfide) groups is 1. The fourth-order valence-corrected chi connectivity index (χ4v) is 4.13. The smallest absolute Gasteiger partial charge is 0.0701 e. The Labute approximate surface area is 100 Å². The molecule has 1 aromatic heterocycles. The second-order valence-electron chi connectivity index (χ2n) is 3.16. The van der Waals surface area contributed by atoms with Gasteiger partial charge in [-0.05, 0) is 28.1 Å². The molecule has 1 aliphatic rings. The molecule has 2 nitrogen and oxygen atoms in total. The van der Waals surface area contributed by atoms with Gasteiger partial charge in [0.1, 0.15) is 0 Å². The maximum absolute atomic E-state index is 5.77. The van der Waals surface area contributed by atoms with Crippen molar-refractivity contribution in [3.05, 3.63) is 20.8 Å². The summed E-state index contributed by atoms with van der Waals surface area (Å²) < 4.78 is 6.33. The third-order valence-electron chi connectivity index (χ3n) is 2.09. The van der Waals surface area contributed by atoms with Crippen LogP contribution in [0.2, 0.25) is 0 Å². The summed E-state index contributed by atoms with van der Waals surface area (Å²) in [5.41, 5.74) is 5.77. The number of rotatable bonds is 4. The van der Waals surface area contributed by atoms with E-state index in [0.29, 0.717) is 17.0 Å². The molecule has 1 unspecified atom stereocenters. The molecule has 0 bridgehead atoms. The van der Waals surface area contributed by atoms with Gasteiger partial charge in [-0.25, -0.2) is 0 Å². The van der Waals surface area contributed by atoms with Crippen LogP contribution in [0, 0.1) is 0 Å². The molecule has 2 N–H and O–H groups in total. The highest BCUT2D eigenvalue weighted by atomic mass is 79.9. The van der Waals surface area contributed by atoms with Gasteiger partial charge in [0, 0.05) is 11.4 Å². The van der Waals surface area contributed by atoms with E-state index < -0.39 is 0 Å². The first-order valence-electron chi connectivity index (χ1n) is 4.48. The topological polar surface area (TPSA) is 35.2 Å². The summed E-state index contributed by atoms with van der Waals surface area (Å²) in [6, 6.07) is 4.24. The molecule has 0 saturated carbocycles. The van der Waals surface area contributed by atoms with Gasteiger partial charge in [0.2, 0.25) is 0 Å². The minimum atomic E-state index is 0.431. The van der Waals surface area contributed by atoms with E-state index >= 15 is 0 Å². The van der Waals surface area contributed by atoms with E-state index in [4.69, 9.17) is 10.5 Å². The monoisotopic (exact) mass is 293 g/mol. The third-order valence-corrected chi connectivity index (χ3v) is 5.41. The molecule has 0 spiro atoms. The van der Waals surface area contributed by atoms with Crippen molar-refractivity contribution in [2.75, 3.05) is 19.8 Å². The second-order valence-corrected chi connectivity index (χ2v) is 7.16. The highest BCUT2D eigenvalue weighted by Gasteiger charge is 2.24. The molecule has 5 heteroatoms. The summed E-state index contributed by atoms with van der Waals surface area (Å²) in [7, 11) is 0. The SMILES string of the molecule is NCC(SC1COC1)c1ccc(Br)s1. The van der Waals surface area contributed by atoms with Crippen molar-refractivity contribution in [2.45, 2.75) is 10.5 Å². The highest BCUT2D eigenvalue weighted by molar-refractivity contribution is 9.11. The van der Waals surface area contributed by atoms with E-state index in [0.717, 1.165) is 13.2 Å². The predicted octanol–water partition coefficient (Wildman–Crippen LogP) is 2.64. The molecule has 1 aliphatic heterocycles. The minimum absolute atomic E-state index is 0.431. The zero-order chi connectivity index (χ0) is 9.97. The van der Waals surface area contributed by atoms with Crippen LogP contribution in [0.3, 0.4) is 0 Å². The average molecular weight is 294 g/mol. The molecule has 2 rings (SSSR count). The van der Waals surface area contributed by atoms with Crippen molar-refractivity contribution in [2.24, 2.45) is 5.73 Å². The fraction of sp³-hybridized carbons (Fsp3) is 0.556. The first-order valence-corrected chi connectivity index (χ1v) is 7.03. The van der Waals surface area contributed by atoms with Crippen molar-refractivity contribution in [1.82, 2.24) is 0 Å². The van der Waals surface area contributed by atoms with Crippen LogP contribution in [0.25, 0.3) is 0 Å². The van der Waals surface area contributed by atoms with Crippen molar-refractivity contribution in [3.8, 4) is 0 Å². The maximum Gasteiger partial charge on any atom is 0.0701 e. The summed E-state index contributed by atoms with van der Waals surface area (Å²) in [6.45, 7) is 2.47. The third kappa shape index (κ3) is 2.52. The van der Waals surface area contributed by atoms with Crippen LogP contribution >= 0.6 is 39.0 Å². The molecule has 0 radical (unpaired) electrons. The zero-order valence-corrected chi connectivity index (χ0v) is 10.8. The minimum Gasteiger partial charge on any atom is -0.379 e. The van der Waals surface area contributed by atoms with Crippen molar-refractivity contribution in [1.29, 1.82) is 0 Å². The van der Waals surface area contributed by atoms with Gasteiger partial charge in [-0.2, -0.15) is 0 Å². The van der Waals surface area contributed by atoms with Gasteiger partial charge >= 0.3 is 0 Å². The fourth-order valence-electron chi connectivity index (χ4n) is 1.27. The molecule has 1 atom stereocenters. The van der Waals surface area contributed by atoms with Crippen LogP contribution in [0.15, 0.2) is 15.9 Å². The second kappa shape index (κ2) is 4.99. The molecule has 0 amide bonds. The first kappa shape index (κ1) is 11.0. The largest absolute Gasteiger partial charge is 0.379 e. The van der Waals surface area contributed by atoms with Gasteiger partial charge in [0.05, 0.1) is 27.5 Å². The van der Waals surface area contributed by atoms with Crippen molar-refractivity contribution < 1.29 is 4.74 Å². The lowest BCUT2D eigenvalue weighted by atomic mass is 10.3. The van der Waals surface area contributed by atoms with Gasteiger partial charge in [0.25, 0.3) is 0 Å². The highest BCUT2D eigenvalue weighted by Crippen LogP contribution is 2.38. The Kier molecular flexibility index (Phi) is 3.90. The normalized spacial score (nSPS) is 19.3. The number of ether oxygens (including phenoxy) is 1. The molecule has 0 aromatic carbocycles. The first-order chi connectivity index (χ1) is 6.79. The van der Waals surface area contributed by atoms with Crippen LogP contribution in [0.5, 0.6) is 0 Å². The molecule has 14 heavy (non-hydrogen) atoms. The Morgan fingerprint density at radius 3 is 2.86 bits per heavy atom. The Morgan fingerprint density at radius 1 is 1.64 bits per heavy atom. The Hall–Kier alpha value is 0.450. The van der Waals surface area contributed by atoms with E-state index in [2.05, 4.69) is 28.1 Å². The molecular formula is C9H12BrNOS2. The molecule has 1 aromatic rings. The summed E-state index contributed by atoms with van der Waals surface area (Å²) in [4.78, 5) is 1.36. The lowest BCUT2D eigenvalue weighted by molar-refractivity contribution is 0.0453. The van der Waals surface area contributed by atoms with E-state index in [1.54, 1.807) is 11.3 Å². The molecule has 1 saturated heterocycles. The number of hydrogen-bond donors (Lipinski definition) is 1. The van der Waals surface area contributed by atoms with Gasteiger partial charge < -0.3 is 10.5 Å². The van der Waals surface area contributed by atoms with Gasteiger partial charge in [-0.3, -0.25) is 0 Å². The van der Waals surface area contributed by atoms with Crippen LogP contribution in [0.1, 0.15) is 10.1 Å². The number of hydrogen-bond acceptors (Lipinski definition) is 4. The van der Waals surface area contributed by atoms with Crippen LogP contribution in [0.4, 0.5) is 0 Å². The predicted molar refractivity (Wildman–Crippen MR) is 66.0 cm³/mol. The number of nitrogens with two attached hydrogens (primary N) is 1. The van der Waals surface area contributed by atoms with Crippen LogP contribution in [-0.2, 0) is 4.74 Å². The van der Waals surface area contributed by atoms with Crippen molar-refractivity contribution in [3.63, 3.8) is 0 Å². The van der Waals surface area contributed by atoms with Gasteiger partial charge in [-0.15, -0.1) is 23.1 Å². The van der Waals surface area contributed by atoms with Gasteiger partial charge in [-0.1, -0.05) is 0 Å². The Balaban J connectivity index is 1.97. The summed E-state index contributed by atoms with van der Waals surface area (Å²) in [6.07, 6.45) is 0. The maximum atomic E-state index is 5.77. The molecule has 1 fully saturated rings. The van der Waals surface area contributed by atoms with E-state index in [1.807, 2.05) is 11.8 Å². The number of halogens is 1. The average Bonchev–Trinajstić information content (AvgIpc) is 2.50. The molecule has 2 heterocycles. The molecular weight excluding hydrogens is 282 g/mol. The van der Waals surface area contributed by atoms with Crippen molar-refractivity contribution >= 4 is 39.0 Å². The van der Waals surface area contributed by atoms with Gasteiger partial charge in [0.15, 0.2) is 0 Å². The summed E-state index contributed by atoms with van der Waals surface area (Å²) >= 11 is 7.18. The Morgan fingerprint density at radius 2 is 2.43 bits per heavy atom. The van der Waals surface area contributed by atoms with Crippen LogP contribution in [-0.4, -0.2) is 25.0 Å². The quantitative estimate of drug-likeness (QED) is 0.927. The lowest BCUT2D eigenvalue weighted by Crippen LogP contribution is -2.31. The standard InChI is InChI=1S/C9H12BrNOS2/c10-9-2-1-7(14-9)8(3-11)13-6-4-12-5-6/h1-2,6,8H,3-5,11H2. The number of thiophene rings is 1. The zero-order valence-electron chi connectivity index (χ0n) is 7.61. The summed E-state index contributed by atoms with van der Waals surface area (Å²) in [5, 5.41) is 1.07. The Bertz CT molecular complexity index is 301. The van der Waals surface area contributed by atoms with Crippen LogP contribution < -0.4 is 5.73 Å². The lowest BCUT2D eigenvalue weighted by Gasteiger charge is -2.28. The van der Waals surface area contributed by atoms with E-state index in [9.17, 15) is 0 Å².